The Labute approximate surface area is 127 Å². The van der Waals surface area contributed by atoms with E-state index in [1.165, 1.54) is 12.3 Å². The molecule has 0 bridgehead atoms. The fourth-order valence-electron chi connectivity index (χ4n) is 1.64. The summed E-state index contributed by atoms with van der Waals surface area (Å²) in [6, 6.07) is 3.59. The van der Waals surface area contributed by atoms with E-state index in [-0.39, 0.29) is 18.1 Å². The molecule has 0 aliphatic heterocycles. The zero-order valence-electron chi connectivity index (χ0n) is 10.7. The Morgan fingerprint density at radius 3 is 2.81 bits per heavy atom. The van der Waals surface area contributed by atoms with Crippen LogP contribution in [0, 0.1) is 11.6 Å². The first-order chi connectivity index (χ1) is 9.97. The number of nitrogens with one attached hydrogen (secondary N) is 1. The zero-order chi connectivity index (χ0) is 15.4. The number of rotatable bonds is 4. The van der Waals surface area contributed by atoms with Gasteiger partial charge < -0.3 is 11.1 Å². The maximum absolute atomic E-state index is 13.0. The molecule has 1 aromatic carbocycles. The summed E-state index contributed by atoms with van der Waals surface area (Å²) in [4.78, 5) is 19.6. The van der Waals surface area contributed by atoms with Crippen molar-refractivity contribution in [2.24, 2.45) is 0 Å². The average molecular weight is 357 g/mol. The quantitative estimate of drug-likeness (QED) is 0.878. The Hall–Kier alpha value is -2.09. The minimum atomic E-state index is -0.916. The van der Waals surface area contributed by atoms with Crippen molar-refractivity contribution in [2.45, 2.75) is 6.42 Å². The lowest BCUT2D eigenvalue weighted by molar-refractivity contribution is 0.0949. The Balaban J connectivity index is 1.95. The molecule has 2 rings (SSSR count). The van der Waals surface area contributed by atoms with Crippen LogP contribution < -0.4 is 11.1 Å². The van der Waals surface area contributed by atoms with Crippen LogP contribution in [0.3, 0.4) is 0 Å². The molecule has 0 aliphatic rings. The second-order valence-electron chi connectivity index (χ2n) is 4.18. The van der Waals surface area contributed by atoms with Gasteiger partial charge in [-0.3, -0.25) is 4.79 Å². The van der Waals surface area contributed by atoms with E-state index >= 15 is 0 Å². The van der Waals surface area contributed by atoms with E-state index in [4.69, 9.17) is 5.73 Å². The molecule has 1 amide bonds. The number of aromatic nitrogens is 2. The number of nitrogens with zero attached hydrogens (tertiary/aromatic N) is 2. The first kappa shape index (κ1) is 15.3. The summed E-state index contributed by atoms with van der Waals surface area (Å²) in [7, 11) is 0. The van der Waals surface area contributed by atoms with Crippen LogP contribution in [-0.4, -0.2) is 22.4 Å². The number of hydrogen-bond acceptors (Lipinski definition) is 4. The van der Waals surface area contributed by atoms with E-state index in [0.717, 1.165) is 12.1 Å². The first-order valence-electron chi connectivity index (χ1n) is 5.97. The van der Waals surface area contributed by atoms with Crippen LogP contribution in [0.25, 0.3) is 0 Å². The van der Waals surface area contributed by atoms with Gasteiger partial charge in [0, 0.05) is 6.54 Å². The smallest absolute Gasteiger partial charge is 0.273 e. The van der Waals surface area contributed by atoms with E-state index in [0.29, 0.717) is 16.6 Å². The number of benzene rings is 1. The highest BCUT2D eigenvalue weighted by molar-refractivity contribution is 9.10. The third kappa shape index (κ3) is 3.94. The molecule has 21 heavy (non-hydrogen) atoms. The molecule has 8 heteroatoms. The van der Waals surface area contributed by atoms with Crippen molar-refractivity contribution in [1.29, 1.82) is 0 Å². The van der Waals surface area contributed by atoms with Crippen molar-refractivity contribution in [3.8, 4) is 0 Å². The summed E-state index contributed by atoms with van der Waals surface area (Å²) in [5.74, 6) is -2.28. The van der Waals surface area contributed by atoms with Gasteiger partial charge in [-0.2, -0.15) is 0 Å². The summed E-state index contributed by atoms with van der Waals surface area (Å²) in [5, 5.41) is 2.59. The van der Waals surface area contributed by atoms with Gasteiger partial charge in [0.2, 0.25) is 0 Å². The van der Waals surface area contributed by atoms with Gasteiger partial charge in [0.1, 0.15) is 4.60 Å². The van der Waals surface area contributed by atoms with Crippen molar-refractivity contribution < 1.29 is 13.6 Å². The van der Waals surface area contributed by atoms with Gasteiger partial charge in [0.25, 0.3) is 5.91 Å². The molecule has 5 nitrogen and oxygen atoms in total. The lowest BCUT2D eigenvalue weighted by Crippen LogP contribution is -2.27. The maximum Gasteiger partial charge on any atom is 0.273 e. The lowest BCUT2D eigenvalue weighted by Gasteiger charge is -2.07. The number of amides is 1. The number of nitrogen functional groups attached to an aromatic ring is 1. The lowest BCUT2D eigenvalue weighted by atomic mass is 10.1. The highest BCUT2D eigenvalue weighted by Gasteiger charge is 2.13. The van der Waals surface area contributed by atoms with Crippen molar-refractivity contribution >= 4 is 27.7 Å². The average Bonchev–Trinajstić information content (AvgIpc) is 2.45. The fraction of sp³-hybridized carbons (Fsp3) is 0.154. The predicted octanol–water partition coefficient (Wildman–Crippen LogP) is 2.07. The summed E-state index contributed by atoms with van der Waals surface area (Å²) < 4.78 is 26.2. The molecule has 110 valence electrons. The molecular formula is C13H11BrF2N4O. The van der Waals surface area contributed by atoms with E-state index in [1.54, 1.807) is 0 Å². The zero-order valence-corrected chi connectivity index (χ0v) is 12.3. The molecular weight excluding hydrogens is 346 g/mol. The van der Waals surface area contributed by atoms with E-state index in [2.05, 4.69) is 31.2 Å². The monoisotopic (exact) mass is 356 g/mol. The largest absolute Gasteiger partial charge is 0.382 e. The molecule has 0 spiro atoms. The van der Waals surface area contributed by atoms with Crippen molar-refractivity contribution in [3.63, 3.8) is 0 Å². The maximum atomic E-state index is 13.0. The molecule has 1 aromatic heterocycles. The second-order valence-corrected chi connectivity index (χ2v) is 4.99. The van der Waals surface area contributed by atoms with Crippen molar-refractivity contribution in [2.75, 3.05) is 12.3 Å². The number of hydrogen-bond donors (Lipinski definition) is 2. The van der Waals surface area contributed by atoms with Crippen LogP contribution in [0.15, 0.2) is 29.0 Å². The number of nitrogens with two attached hydrogens (primary N) is 1. The van der Waals surface area contributed by atoms with E-state index in [9.17, 15) is 13.6 Å². The molecule has 0 atom stereocenters. The number of anilines is 1. The van der Waals surface area contributed by atoms with Crippen LogP contribution in [0.5, 0.6) is 0 Å². The van der Waals surface area contributed by atoms with Crippen LogP contribution >= 0.6 is 15.9 Å². The summed E-state index contributed by atoms with van der Waals surface area (Å²) in [6.07, 6.45) is 1.73. The van der Waals surface area contributed by atoms with Crippen LogP contribution in [-0.2, 0) is 6.42 Å². The molecule has 0 radical (unpaired) electrons. The molecule has 0 fully saturated rings. The Bertz CT molecular complexity index is 681. The number of halogens is 3. The molecule has 0 unspecified atom stereocenters. The van der Waals surface area contributed by atoms with E-state index in [1.807, 2.05) is 0 Å². The molecule has 1 heterocycles. The Kier molecular flexibility index (Phi) is 4.79. The standard InChI is InChI=1S/C13H11BrF2N4O/c14-10-6-19-12(17)11(20-10)13(21)18-4-3-7-1-2-8(15)9(16)5-7/h1-2,5-6H,3-4H2,(H2,17,19)(H,18,21). The molecule has 0 saturated carbocycles. The normalized spacial score (nSPS) is 10.4. The number of carbonyl (C=O) groups is 1. The van der Waals surface area contributed by atoms with Crippen LogP contribution in [0.4, 0.5) is 14.6 Å². The van der Waals surface area contributed by atoms with E-state index < -0.39 is 17.5 Å². The highest BCUT2D eigenvalue weighted by Crippen LogP contribution is 2.11. The third-order valence-corrected chi connectivity index (χ3v) is 3.05. The topological polar surface area (TPSA) is 80.9 Å². The molecule has 3 N–H and O–H groups in total. The summed E-state index contributed by atoms with van der Waals surface area (Å²) >= 11 is 3.10. The molecule has 0 aliphatic carbocycles. The minimum absolute atomic E-state index is 0.00895. The fourth-order valence-corrected chi connectivity index (χ4v) is 1.92. The van der Waals surface area contributed by atoms with Gasteiger partial charge in [0.05, 0.1) is 6.20 Å². The first-order valence-corrected chi connectivity index (χ1v) is 6.77. The summed E-state index contributed by atoms with van der Waals surface area (Å²) in [6.45, 7) is 0.234. The second kappa shape index (κ2) is 6.57. The van der Waals surface area contributed by atoms with Crippen molar-refractivity contribution in [3.05, 3.63) is 51.9 Å². The highest BCUT2D eigenvalue weighted by atomic mass is 79.9. The van der Waals surface area contributed by atoms with Gasteiger partial charge in [-0.25, -0.2) is 18.7 Å². The van der Waals surface area contributed by atoms with Gasteiger partial charge >= 0.3 is 0 Å². The summed E-state index contributed by atoms with van der Waals surface area (Å²) in [5.41, 5.74) is 6.14. The minimum Gasteiger partial charge on any atom is -0.382 e. The van der Waals surface area contributed by atoms with Gasteiger partial charge in [0.15, 0.2) is 23.1 Å². The Morgan fingerprint density at radius 1 is 1.33 bits per heavy atom. The van der Waals surface area contributed by atoms with Gasteiger partial charge in [-0.1, -0.05) is 6.07 Å². The SMILES string of the molecule is Nc1ncc(Br)nc1C(=O)NCCc1ccc(F)c(F)c1. The number of carbonyl (C=O) groups excluding carboxylic acids is 1. The van der Waals surface area contributed by atoms with Gasteiger partial charge in [-0.15, -0.1) is 0 Å². The third-order valence-electron chi connectivity index (χ3n) is 2.67. The van der Waals surface area contributed by atoms with Crippen LogP contribution in [0.2, 0.25) is 0 Å². The predicted molar refractivity (Wildman–Crippen MR) is 76.5 cm³/mol. The van der Waals surface area contributed by atoms with Crippen LogP contribution in [0.1, 0.15) is 16.1 Å². The molecule has 2 aromatic rings. The van der Waals surface area contributed by atoms with Crippen molar-refractivity contribution in [1.82, 2.24) is 15.3 Å². The van der Waals surface area contributed by atoms with Gasteiger partial charge in [-0.05, 0) is 40.0 Å². The Morgan fingerprint density at radius 2 is 2.10 bits per heavy atom. The molecule has 0 saturated heterocycles.